The highest BCUT2D eigenvalue weighted by Crippen LogP contribution is 2.21. The molecule has 0 fully saturated rings. The minimum Gasteiger partial charge on any atom is -0.490 e. The van der Waals surface area contributed by atoms with Crippen LogP contribution in [0.1, 0.15) is 116 Å². The van der Waals surface area contributed by atoms with Crippen molar-refractivity contribution < 1.29 is 22.5 Å². The van der Waals surface area contributed by atoms with Gasteiger partial charge in [0.15, 0.2) is 0 Å². The predicted octanol–water partition coefficient (Wildman–Crippen LogP) is 6.87. The summed E-state index contributed by atoms with van der Waals surface area (Å²) >= 11 is 0. The zero-order valence-corrected chi connectivity index (χ0v) is 22.9. The number of amides is 1. The van der Waals surface area contributed by atoms with Crippen LogP contribution in [0.15, 0.2) is 24.3 Å². The summed E-state index contributed by atoms with van der Waals surface area (Å²) in [5.41, 5.74) is 1.33. The third kappa shape index (κ3) is 18.3. The Morgan fingerprint density at radius 2 is 1.40 bits per heavy atom. The van der Waals surface area contributed by atoms with Crippen molar-refractivity contribution >= 4 is 16.0 Å². The number of carbonyl (C=O) groups is 1. The zero-order chi connectivity index (χ0) is 25.8. The summed E-state index contributed by atoms with van der Waals surface area (Å²) in [4.78, 5) is 11.7. The quantitative estimate of drug-likeness (QED) is 0.131. The molecular weight excluding hydrogens is 462 g/mol. The summed E-state index contributed by atoms with van der Waals surface area (Å²) in [5.74, 6) is 0.384. The summed E-state index contributed by atoms with van der Waals surface area (Å²) in [6, 6.07) is 8.52. The third-order valence-electron chi connectivity index (χ3n) is 6.38. The molecule has 0 bridgehead atoms. The van der Waals surface area contributed by atoms with Crippen molar-refractivity contribution in [2.75, 3.05) is 12.3 Å². The Bertz CT molecular complexity index is 764. The van der Waals surface area contributed by atoms with E-state index in [2.05, 4.69) is 43.4 Å². The predicted molar refractivity (Wildman–Crippen MR) is 145 cm³/mol. The first kappa shape index (κ1) is 31.4. The molecule has 7 heteroatoms. The minimum atomic E-state index is -4.02. The smallest absolute Gasteiger partial charge is 0.266 e. The summed E-state index contributed by atoms with van der Waals surface area (Å²) in [5, 5.41) is 2.53. The molecule has 1 amide bonds. The van der Waals surface area contributed by atoms with Crippen molar-refractivity contribution in [3.63, 3.8) is 0 Å². The molecule has 202 valence electrons. The van der Waals surface area contributed by atoms with E-state index >= 15 is 0 Å². The van der Waals surface area contributed by atoms with Crippen molar-refractivity contribution in [3.05, 3.63) is 29.8 Å². The first-order valence-corrected chi connectivity index (χ1v) is 15.4. The van der Waals surface area contributed by atoms with Crippen LogP contribution in [-0.4, -0.2) is 37.3 Å². The van der Waals surface area contributed by atoms with Crippen molar-refractivity contribution in [2.45, 2.75) is 123 Å². The van der Waals surface area contributed by atoms with Crippen LogP contribution < -0.4 is 10.1 Å². The van der Waals surface area contributed by atoms with E-state index in [1.54, 1.807) is 0 Å². The number of benzene rings is 1. The maximum absolute atomic E-state index is 11.7. The summed E-state index contributed by atoms with van der Waals surface area (Å²) < 4.78 is 36.3. The van der Waals surface area contributed by atoms with Gasteiger partial charge in [0.2, 0.25) is 5.91 Å². The molecule has 0 aromatic heterocycles. The van der Waals surface area contributed by atoms with Gasteiger partial charge in [-0.2, -0.15) is 8.42 Å². The van der Waals surface area contributed by atoms with Gasteiger partial charge in [0.1, 0.15) is 5.75 Å². The van der Waals surface area contributed by atoms with Crippen molar-refractivity contribution in [1.29, 1.82) is 0 Å². The molecule has 1 aromatic carbocycles. The molecule has 1 rings (SSSR count). The molecule has 0 radical (unpaired) electrons. The van der Waals surface area contributed by atoms with Crippen LogP contribution in [0, 0.1) is 0 Å². The Morgan fingerprint density at radius 1 is 0.857 bits per heavy atom. The molecule has 6 nitrogen and oxygen atoms in total. The standard InChI is InChI=1S/C28H49NO5S/c1-3-5-6-7-10-13-16-26(34-27-21-19-25(4-2)20-22-27)17-14-11-8-9-12-15-18-28(30)29-23-24-35(31,32)33/h19-22,26H,3-18,23-24H2,1-2H3,(H,29,30)(H,31,32,33). The van der Waals surface area contributed by atoms with E-state index < -0.39 is 15.9 Å². The average Bonchev–Trinajstić information content (AvgIpc) is 2.82. The first-order valence-electron chi connectivity index (χ1n) is 13.8. The van der Waals surface area contributed by atoms with E-state index in [4.69, 9.17) is 9.29 Å². The molecule has 0 aliphatic carbocycles. The number of rotatable bonds is 22. The SMILES string of the molecule is CCCCCCCCC(CCCCCCCCC(=O)NCCS(=O)(=O)O)Oc1ccc(CC)cc1. The monoisotopic (exact) mass is 511 g/mol. The molecule has 0 spiro atoms. The maximum atomic E-state index is 11.7. The highest BCUT2D eigenvalue weighted by Gasteiger charge is 2.11. The Labute approximate surface area is 214 Å². The number of unbranched alkanes of at least 4 members (excludes halogenated alkanes) is 10. The maximum Gasteiger partial charge on any atom is 0.266 e. The minimum absolute atomic E-state index is 0.0393. The average molecular weight is 512 g/mol. The van der Waals surface area contributed by atoms with E-state index in [0.29, 0.717) is 6.42 Å². The van der Waals surface area contributed by atoms with Gasteiger partial charge in [0.05, 0.1) is 11.9 Å². The van der Waals surface area contributed by atoms with Crippen LogP contribution in [0.5, 0.6) is 5.75 Å². The van der Waals surface area contributed by atoms with Gasteiger partial charge in [-0.25, -0.2) is 0 Å². The number of hydrogen-bond acceptors (Lipinski definition) is 4. The third-order valence-corrected chi connectivity index (χ3v) is 7.10. The van der Waals surface area contributed by atoms with Crippen LogP contribution in [0.2, 0.25) is 0 Å². The Kier molecular flexibility index (Phi) is 17.6. The van der Waals surface area contributed by atoms with E-state index in [1.807, 2.05) is 0 Å². The first-order chi connectivity index (χ1) is 16.8. The van der Waals surface area contributed by atoms with Gasteiger partial charge in [0, 0.05) is 13.0 Å². The second-order valence-corrected chi connectivity index (χ2v) is 11.2. The number of hydrogen-bond donors (Lipinski definition) is 2. The van der Waals surface area contributed by atoms with Crippen LogP contribution >= 0.6 is 0 Å². The fourth-order valence-electron chi connectivity index (χ4n) is 4.18. The fourth-order valence-corrected chi connectivity index (χ4v) is 4.54. The summed E-state index contributed by atoms with van der Waals surface area (Å²) in [7, 11) is -4.02. The Morgan fingerprint density at radius 3 is 1.94 bits per heavy atom. The number of nitrogens with one attached hydrogen (secondary N) is 1. The topological polar surface area (TPSA) is 92.7 Å². The van der Waals surface area contributed by atoms with Crippen LogP contribution in [0.3, 0.4) is 0 Å². The molecular formula is C28H49NO5S. The van der Waals surface area contributed by atoms with E-state index in [-0.39, 0.29) is 18.6 Å². The highest BCUT2D eigenvalue weighted by molar-refractivity contribution is 7.85. The highest BCUT2D eigenvalue weighted by atomic mass is 32.2. The number of aryl methyl sites for hydroxylation is 1. The second kappa shape index (κ2) is 19.6. The Balaban J connectivity index is 2.22. The Hall–Kier alpha value is -1.60. The molecule has 0 aliphatic rings. The molecule has 0 saturated heterocycles. The molecule has 2 N–H and O–H groups in total. The van der Waals surface area contributed by atoms with Crippen molar-refractivity contribution in [1.82, 2.24) is 5.32 Å². The molecule has 1 aromatic rings. The largest absolute Gasteiger partial charge is 0.490 e. The van der Waals surface area contributed by atoms with Gasteiger partial charge in [0.25, 0.3) is 10.1 Å². The second-order valence-electron chi connectivity index (χ2n) is 9.59. The van der Waals surface area contributed by atoms with Gasteiger partial charge in [-0.15, -0.1) is 0 Å². The fraction of sp³-hybridized carbons (Fsp3) is 0.750. The lowest BCUT2D eigenvalue weighted by atomic mass is 10.0. The van der Waals surface area contributed by atoms with Crippen LogP contribution in [-0.2, 0) is 21.3 Å². The van der Waals surface area contributed by atoms with E-state index in [9.17, 15) is 13.2 Å². The van der Waals surface area contributed by atoms with Gasteiger partial charge in [-0.3, -0.25) is 9.35 Å². The summed E-state index contributed by atoms with van der Waals surface area (Å²) in [6.45, 7) is 4.38. The molecule has 35 heavy (non-hydrogen) atoms. The lowest BCUT2D eigenvalue weighted by Gasteiger charge is -2.19. The number of ether oxygens (including phenoxy) is 1. The molecule has 0 aliphatic heterocycles. The lowest BCUT2D eigenvalue weighted by molar-refractivity contribution is -0.121. The normalized spacial score (nSPS) is 12.4. The molecule has 0 saturated carbocycles. The van der Waals surface area contributed by atoms with Gasteiger partial charge in [-0.05, 0) is 56.2 Å². The van der Waals surface area contributed by atoms with Crippen LogP contribution in [0.4, 0.5) is 0 Å². The van der Waals surface area contributed by atoms with E-state index in [0.717, 1.165) is 57.1 Å². The van der Waals surface area contributed by atoms with Gasteiger partial charge < -0.3 is 10.1 Å². The van der Waals surface area contributed by atoms with E-state index in [1.165, 1.54) is 50.5 Å². The molecule has 0 heterocycles. The lowest BCUT2D eigenvalue weighted by Crippen LogP contribution is -2.28. The van der Waals surface area contributed by atoms with Crippen molar-refractivity contribution in [2.24, 2.45) is 0 Å². The molecule has 1 unspecified atom stereocenters. The molecule has 1 atom stereocenters. The summed E-state index contributed by atoms with van der Waals surface area (Å²) in [6.07, 6.45) is 18.1. The van der Waals surface area contributed by atoms with Crippen molar-refractivity contribution in [3.8, 4) is 5.75 Å². The van der Waals surface area contributed by atoms with Crippen LogP contribution in [0.25, 0.3) is 0 Å². The van der Waals surface area contributed by atoms with Gasteiger partial charge in [-0.1, -0.05) is 83.8 Å². The zero-order valence-electron chi connectivity index (χ0n) is 22.1. The number of carbonyl (C=O) groups excluding carboxylic acids is 1. The van der Waals surface area contributed by atoms with Gasteiger partial charge >= 0.3 is 0 Å².